The highest BCUT2D eigenvalue weighted by atomic mass is 32.1. The molecule has 2 heterocycles. The number of fused-ring (bicyclic) bond motifs is 1. The molecule has 0 unspecified atom stereocenters. The van der Waals surface area contributed by atoms with Crippen LogP contribution in [0, 0.1) is 6.92 Å². The number of rotatable bonds is 7. The molecule has 0 radical (unpaired) electrons. The van der Waals surface area contributed by atoms with Gasteiger partial charge in [0.2, 0.25) is 0 Å². The monoisotopic (exact) mass is 423 g/mol. The summed E-state index contributed by atoms with van der Waals surface area (Å²) in [5.41, 5.74) is 4.11. The minimum Gasteiger partial charge on any atom is -0.379 e. The predicted molar refractivity (Wildman–Crippen MR) is 124 cm³/mol. The number of morpholine rings is 1. The number of benzene rings is 2. The molecule has 6 heteroatoms. The van der Waals surface area contributed by atoms with Crippen LogP contribution in [-0.4, -0.2) is 55.2 Å². The second kappa shape index (κ2) is 9.69. The largest absolute Gasteiger partial charge is 0.379 e. The van der Waals surface area contributed by atoms with E-state index in [1.807, 2.05) is 36.1 Å². The van der Waals surface area contributed by atoms with Crippen molar-refractivity contribution in [3.63, 3.8) is 0 Å². The minimum absolute atomic E-state index is 0.0223. The molecule has 158 valence electrons. The van der Waals surface area contributed by atoms with E-state index >= 15 is 0 Å². The maximum Gasteiger partial charge on any atom is 0.260 e. The zero-order chi connectivity index (χ0) is 20.9. The summed E-state index contributed by atoms with van der Waals surface area (Å²) in [4.78, 5) is 22.6. The van der Waals surface area contributed by atoms with Crippen molar-refractivity contribution < 1.29 is 9.53 Å². The van der Waals surface area contributed by atoms with E-state index in [4.69, 9.17) is 9.72 Å². The lowest BCUT2D eigenvalue weighted by molar-refractivity contribution is 0.0376. The molecule has 0 saturated carbocycles. The molecule has 0 atom stereocenters. The number of aromatic nitrogens is 1. The Balaban J connectivity index is 1.59. The van der Waals surface area contributed by atoms with Crippen molar-refractivity contribution >= 4 is 32.6 Å². The van der Waals surface area contributed by atoms with Gasteiger partial charge in [-0.3, -0.25) is 14.6 Å². The maximum absolute atomic E-state index is 13.4. The summed E-state index contributed by atoms with van der Waals surface area (Å²) in [6.45, 7) is 9.32. The number of ether oxygens (including phenoxy) is 1. The van der Waals surface area contributed by atoms with Crippen LogP contribution in [0.4, 0.5) is 5.13 Å². The molecule has 0 spiro atoms. The fourth-order valence-corrected chi connectivity index (χ4v) is 4.85. The fraction of sp³-hybridized carbons (Fsp3) is 0.417. The van der Waals surface area contributed by atoms with Gasteiger partial charge in [-0.05, 0) is 43.5 Å². The molecule has 1 aliphatic rings. The molecule has 2 aromatic carbocycles. The lowest BCUT2D eigenvalue weighted by Gasteiger charge is -2.27. The summed E-state index contributed by atoms with van der Waals surface area (Å²) in [5.74, 6) is 0.0223. The number of hydrogen-bond donors (Lipinski definition) is 0. The third kappa shape index (κ3) is 4.72. The predicted octanol–water partition coefficient (Wildman–Crippen LogP) is 4.54. The van der Waals surface area contributed by atoms with Gasteiger partial charge in [-0.15, -0.1) is 0 Å². The van der Waals surface area contributed by atoms with Gasteiger partial charge < -0.3 is 4.74 Å². The SMILES string of the molecule is CCc1cccc2sc(N(CCCN3CCOCC3)C(=O)c3ccc(C)cc3)nc12. The van der Waals surface area contributed by atoms with E-state index in [2.05, 4.69) is 30.0 Å². The highest BCUT2D eigenvalue weighted by Crippen LogP contribution is 2.32. The van der Waals surface area contributed by atoms with Crippen molar-refractivity contribution in [2.75, 3.05) is 44.3 Å². The Morgan fingerprint density at radius 3 is 2.67 bits per heavy atom. The molecule has 3 aromatic rings. The van der Waals surface area contributed by atoms with E-state index < -0.39 is 0 Å². The Bertz CT molecular complexity index is 993. The van der Waals surface area contributed by atoms with Gasteiger partial charge in [-0.1, -0.05) is 48.1 Å². The van der Waals surface area contributed by atoms with Crippen LogP contribution in [0.15, 0.2) is 42.5 Å². The lowest BCUT2D eigenvalue weighted by atomic mass is 10.1. The Kier molecular flexibility index (Phi) is 6.77. The molecule has 30 heavy (non-hydrogen) atoms. The normalized spacial score (nSPS) is 14.9. The molecule has 1 amide bonds. The number of thiazole rings is 1. The summed E-state index contributed by atoms with van der Waals surface area (Å²) in [6, 6.07) is 14.1. The van der Waals surface area contributed by atoms with E-state index in [-0.39, 0.29) is 5.91 Å². The molecule has 1 aromatic heterocycles. The van der Waals surface area contributed by atoms with Gasteiger partial charge in [0, 0.05) is 31.7 Å². The second-order valence-electron chi connectivity index (χ2n) is 7.74. The average Bonchev–Trinajstić information content (AvgIpc) is 3.21. The van der Waals surface area contributed by atoms with Crippen LogP contribution in [0.2, 0.25) is 0 Å². The summed E-state index contributed by atoms with van der Waals surface area (Å²) in [5, 5.41) is 0.790. The molecule has 0 bridgehead atoms. The number of carbonyl (C=O) groups is 1. The van der Waals surface area contributed by atoms with E-state index in [0.717, 1.165) is 66.6 Å². The van der Waals surface area contributed by atoms with Crippen molar-refractivity contribution in [2.45, 2.75) is 26.7 Å². The third-order valence-corrected chi connectivity index (χ3v) is 6.65. The lowest BCUT2D eigenvalue weighted by Crippen LogP contribution is -2.39. The van der Waals surface area contributed by atoms with Crippen LogP contribution in [-0.2, 0) is 11.2 Å². The zero-order valence-corrected chi connectivity index (χ0v) is 18.6. The van der Waals surface area contributed by atoms with E-state index in [9.17, 15) is 4.79 Å². The van der Waals surface area contributed by atoms with Gasteiger partial charge in [-0.25, -0.2) is 4.98 Å². The minimum atomic E-state index is 0.0223. The first-order chi connectivity index (χ1) is 14.7. The molecule has 0 aliphatic carbocycles. The molecule has 0 N–H and O–H groups in total. The van der Waals surface area contributed by atoms with E-state index in [0.29, 0.717) is 12.1 Å². The van der Waals surface area contributed by atoms with Crippen molar-refractivity contribution in [1.82, 2.24) is 9.88 Å². The Hall–Kier alpha value is -2.28. The standard InChI is InChI=1S/C24H29N3O2S/c1-3-19-6-4-7-21-22(19)25-24(30-21)27(13-5-12-26-14-16-29-17-15-26)23(28)20-10-8-18(2)9-11-20/h4,6-11H,3,5,12-17H2,1-2H3. The van der Waals surface area contributed by atoms with Gasteiger partial charge in [-0.2, -0.15) is 0 Å². The number of amides is 1. The van der Waals surface area contributed by atoms with Crippen LogP contribution >= 0.6 is 11.3 Å². The van der Waals surface area contributed by atoms with Gasteiger partial charge in [0.1, 0.15) is 0 Å². The zero-order valence-electron chi connectivity index (χ0n) is 17.8. The van der Waals surface area contributed by atoms with Gasteiger partial charge in [0.15, 0.2) is 5.13 Å². The molecule has 4 rings (SSSR count). The summed E-state index contributed by atoms with van der Waals surface area (Å²) >= 11 is 1.61. The quantitative estimate of drug-likeness (QED) is 0.560. The number of para-hydroxylation sites is 1. The molecular formula is C24H29N3O2S. The molecule has 1 saturated heterocycles. The Morgan fingerprint density at radius 2 is 1.93 bits per heavy atom. The van der Waals surface area contributed by atoms with Crippen LogP contribution < -0.4 is 4.90 Å². The highest BCUT2D eigenvalue weighted by Gasteiger charge is 2.22. The molecule has 1 fully saturated rings. The molecular weight excluding hydrogens is 394 g/mol. The Morgan fingerprint density at radius 1 is 1.17 bits per heavy atom. The molecule has 5 nitrogen and oxygen atoms in total. The van der Waals surface area contributed by atoms with Gasteiger partial charge in [0.05, 0.1) is 23.4 Å². The van der Waals surface area contributed by atoms with Crippen molar-refractivity contribution in [2.24, 2.45) is 0 Å². The van der Waals surface area contributed by atoms with Gasteiger partial charge in [0.25, 0.3) is 5.91 Å². The van der Waals surface area contributed by atoms with Crippen molar-refractivity contribution in [3.8, 4) is 0 Å². The highest BCUT2D eigenvalue weighted by molar-refractivity contribution is 7.22. The summed E-state index contributed by atoms with van der Waals surface area (Å²) < 4.78 is 6.58. The maximum atomic E-state index is 13.4. The first-order valence-corrected chi connectivity index (χ1v) is 11.5. The summed E-state index contributed by atoms with van der Waals surface area (Å²) in [6.07, 6.45) is 1.84. The Labute approximate surface area is 182 Å². The number of carbonyl (C=O) groups excluding carboxylic acids is 1. The first-order valence-electron chi connectivity index (χ1n) is 10.7. The van der Waals surface area contributed by atoms with Crippen LogP contribution in [0.3, 0.4) is 0 Å². The van der Waals surface area contributed by atoms with Crippen LogP contribution in [0.1, 0.15) is 34.8 Å². The van der Waals surface area contributed by atoms with Crippen LogP contribution in [0.5, 0.6) is 0 Å². The smallest absolute Gasteiger partial charge is 0.260 e. The topological polar surface area (TPSA) is 45.7 Å². The van der Waals surface area contributed by atoms with E-state index in [1.165, 1.54) is 5.56 Å². The number of nitrogens with zero attached hydrogens (tertiary/aromatic N) is 3. The second-order valence-corrected chi connectivity index (χ2v) is 8.75. The van der Waals surface area contributed by atoms with E-state index in [1.54, 1.807) is 11.3 Å². The molecule has 1 aliphatic heterocycles. The number of hydrogen-bond acceptors (Lipinski definition) is 5. The van der Waals surface area contributed by atoms with Gasteiger partial charge >= 0.3 is 0 Å². The van der Waals surface area contributed by atoms with Crippen molar-refractivity contribution in [3.05, 3.63) is 59.2 Å². The first kappa shape index (κ1) is 21.0. The average molecular weight is 424 g/mol. The third-order valence-electron chi connectivity index (χ3n) is 5.61. The summed E-state index contributed by atoms with van der Waals surface area (Å²) in [7, 11) is 0. The fourth-order valence-electron chi connectivity index (χ4n) is 3.81. The number of anilines is 1. The van der Waals surface area contributed by atoms with Crippen molar-refractivity contribution in [1.29, 1.82) is 0 Å². The number of aryl methyl sites for hydroxylation is 2. The van der Waals surface area contributed by atoms with Crippen LogP contribution in [0.25, 0.3) is 10.2 Å².